The number of carbonyl (C=O) groups is 1. The Balaban J connectivity index is 1.92. The molecule has 0 saturated heterocycles. The van der Waals surface area contributed by atoms with Crippen molar-refractivity contribution in [1.29, 1.82) is 0 Å². The van der Waals surface area contributed by atoms with E-state index in [1.807, 2.05) is 13.8 Å². The Kier molecular flexibility index (Phi) is 4.08. The highest BCUT2D eigenvalue weighted by molar-refractivity contribution is 5.92. The second-order valence-corrected chi connectivity index (χ2v) is 5.48. The fourth-order valence-corrected chi connectivity index (χ4v) is 2.48. The molecule has 1 heterocycles. The van der Waals surface area contributed by atoms with Gasteiger partial charge in [0, 0.05) is 17.5 Å². The Morgan fingerprint density at radius 2 is 1.79 bits per heavy atom. The van der Waals surface area contributed by atoms with Crippen LogP contribution in [0.3, 0.4) is 0 Å². The molecule has 5 heteroatoms. The minimum Gasteiger partial charge on any atom is -0.496 e. The van der Waals surface area contributed by atoms with Crippen molar-refractivity contribution in [3.63, 3.8) is 0 Å². The molecule has 5 nitrogen and oxygen atoms in total. The highest BCUT2D eigenvalue weighted by Crippen LogP contribution is 2.24. The molecule has 1 aromatic heterocycles. The minimum absolute atomic E-state index is 0.306. The third kappa shape index (κ3) is 3.01. The van der Waals surface area contributed by atoms with E-state index < -0.39 is 11.6 Å². The predicted molar refractivity (Wildman–Crippen MR) is 89.9 cm³/mol. The maximum absolute atomic E-state index is 12.3. The number of methoxy groups -OCH3 is 1. The molecule has 24 heavy (non-hydrogen) atoms. The summed E-state index contributed by atoms with van der Waals surface area (Å²) in [4.78, 5) is 23.8. The Hall–Kier alpha value is -3.08. The molecule has 0 spiro atoms. The third-order valence-electron chi connectivity index (χ3n) is 3.78. The molecule has 0 atom stereocenters. The van der Waals surface area contributed by atoms with Crippen LogP contribution in [0, 0.1) is 13.8 Å². The van der Waals surface area contributed by atoms with Crippen molar-refractivity contribution >= 4 is 16.9 Å². The Bertz CT molecular complexity index is 985. The summed E-state index contributed by atoms with van der Waals surface area (Å²) in [5.74, 6) is 0.410. The van der Waals surface area contributed by atoms with Crippen LogP contribution in [0.2, 0.25) is 0 Å². The van der Waals surface area contributed by atoms with E-state index in [1.165, 1.54) is 12.1 Å². The maximum atomic E-state index is 12.3. The van der Waals surface area contributed by atoms with Gasteiger partial charge in [-0.2, -0.15) is 0 Å². The van der Waals surface area contributed by atoms with E-state index in [9.17, 15) is 9.59 Å². The second kappa shape index (κ2) is 6.20. The first kappa shape index (κ1) is 15.8. The average Bonchev–Trinajstić information content (AvgIpc) is 2.54. The number of ether oxygens (including phenoxy) is 2. The van der Waals surface area contributed by atoms with Crippen molar-refractivity contribution in [2.75, 3.05) is 7.11 Å². The zero-order valence-corrected chi connectivity index (χ0v) is 13.6. The smallest absolute Gasteiger partial charge is 0.343 e. The molecule has 0 N–H and O–H groups in total. The van der Waals surface area contributed by atoms with Crippen LogP contribution in [0.5, 0.6) is 11.5 Å². The van der Waals surface area contributed by atoms with E-state index in [-0.39, 0.29) is 0 Å². The number of hydrogen-bond donors (Lipinski definition) is 0. The van der Waals surface area contributed by atoms with Gasteiger partial charge in [-0.25, -0.2) is 9.59 Å². The molecule has 0 fully saturated rings. The van der Waals surface area contributed by atoms with Crippen molar-refractivity contribution < 1.29 is 18.7 Å². The molecular weight excluding hydrogens is 308 g/mol. The van der Waals surface area contributed by atoms with Crippen LogP contribution in [0.4, 0.5) is 0 Å². The van der Waals surface area contributed by atoms with Crippen LogP contribution >= 0.6 is 0 Å². The zero-order valence-electron chi connectivity index (χ0n) is 13.6. The number of fused-ring (bicyclic) bond motifs is 1. The number of esters is 1. The maximum Gasteiger partial charge on any atom is 0.343 e. The molecule has 3 rings (SSSR count). The predicted octanol–water partition coefficient (Wildman–Crippen LogP) is 3.64. The van der Waals surface area contributed by atoms with Crippen LogP contribution in [0.25, 0.3) is 11.0 Å². The summed E-state index contributed by atoms with van der Waals surface area (Å²) in [6, 6.07) is 11.5. The lowest BCUT2D eigenvalue weighted by molar-refractivity contribution is 0.0734. The van der Waals surface area contributed by atoms with Gasteiger partial charge in [0.05, 0.1) is 12.7 Å². The lowest BCUT2D eigenvalue weighted by Gasteiger charge is -2.08. The Labute approximate surface area is 138 Å². The summed E-state index contributed by atoms with van der Waals surface area (Å²) in [6.45, 7) is 3.71. The molecule has 0 aliphatic heterocycles. The fraction of sp³-hybridized carbons (Fsp3) is 0.158. The summed E-state index contributed by atoms with van der Waals surface area (Å²) in [5, 5.41) is 0.798. The van der Waals surface area contributed by atoms with Crippen molar-refractivity contribution in [1.82, 2.24) is 0 Å². The zero-order chi connectivity index (χ0) is 17.3. The SMILES string of the molecule is COc1cc(C(=O)Oc2ccc3c(C)cc(=O)oc3c2)ccc1C. The van der Waals surface area contributed by atoms with Crippen molar-refractivity contribution in [3.05, 3.63) is 69.6 Å². The number of rotatable bonds is 3. The van der Waals surface area contributed by atoms with Gasteiger partial charge in [-0.1, -0.05) is 6.07 Å². The summed E-state index contributed by atoms with van der Waals surface area (Å²) in [5.41, 5.74) is 2.06. The van der Waals surface area contributed by atoms with Gasteiger partial charge >= 0.3 is 11.6 Å². The van der Waals surface area contributed by atoms with Gasteiger partial charge in [0.2, 0.25) is 0 Å². The normalized spacial score (nSPS) is 10.6. The van der Waals surface area contributed by atoms with Gasteiger partial charge < -0.3 is 13.9 Å². The molecule has 0 unspecified atom stereocenters. The monoisotopic (exact) mass is 324 g/mol. The summed E-state index contributed by atoms with van der Waals surface area (Å²) < 4.78 is 15.7. The van der Waals surface area contributed by atoms with Gasteiger partial charge in [0.15, 0.2) is 0 Å². The highest BCUT2D eigenvalue weighted by Gasteiger charge is 2.12. The lowest BCUT2D eigenvalue weighted by atomic mass is 10.1. The Morgan fingerprint density at radius 1 is 1.00 bits per heavy atom. The van der Waals surface area contributed by atoms with Crippen LogP contribution in [0.15, 0.2) is 51.7 Å². The lowest BCUT2D eigenvalue weighted by Crippen LogP contribution is -2.09. The molecule has 3 aromatic rings. The summed E-state index contributed by atoms with van der Waals surface area (Å²) in [7, 11) is 1.55. The second-order valence-electron chi connectivity index (χ2n) is 5.48. The average molecular weight is 324 g/mol. The summed E-state index contributed by atoms with van der Waals surface area (Å²) in [6.07, 6.45) is 0. The van der Waals surface area contributed by atoms with Crippen LogP contribution in [-0.4, -0.2) is 13.1 Å². The third-order valence-corrected chi connectivity index (χ3v) is 3.78. The van der Waals surface area contributed by atoms with Gasteiger partial charge in [-0.3, -0.25) is 0 Å². The van der Waals surface area contributed by atoms with E-state index in [0.29, 0.717) is 22.6 Å². The number of benzene rings is 2. The van der Waals surface area contributed by atoms with E-state index >= 15 is 0 Å². The van der Waals surface area contributed by atoms with Gasteiger partial charge in [-0.15, -0.1) is 0 Å². The van der Waals surface area contributed by atoms with E-state index in [1.54, 1.807) is 37.4 Å². The van der Waals surface area contributed by atoms with E-state index in [0.717, 1.165) is 16.5 Å². The number of aryl methyl sites for hydroxylation is 2. The topological polar surface area (TPSA) is 65.7 Å². The summed E-state index contributed by atoms with van der Waals surface area (Å²) >= 11 is 0. The number of hydrogen-bond acceptors (Lipinski definition) is 5. The van der Waals surface area contributed by atoms with Gasteiger partial charge in [0.1, 0.15) is 17.1 Å². The first-order chi connectivity index (χ1) is 11.5. The molecule has 122 valence electrons. The van der Waals surface area contributed by atoms with E-state index in [4.69, 9.17) is 13.9 Å². The first-order valence-corrected chi connectivity index (χ1v) is 7.39. The quantitative estimate of drug-likeness (QED) is 0.418. The van der Waals surface area contributed by atoms with Crippen LogP contribution in [-0.2, 0) is 0 Å². The molecule has 0 amide bonds. The van der Waals surface area contributed by atoms with Crippen LogP contribution < -0.4 is 15.1 Å². The van der Waals surface area contributed by atoms with Gasteiger partial charge in [-0.05, 0) is 49.2 Å². The molecule has 0 aliphatic carbocycles. The highest BCUT2D eigenvalue weighted by atomic mass is 16.5. The van der Waals surface area contributed by atoms with E-state index in [2.05, 4.69) is 0 Å². The first-order valence-electron chi connectivity index (χ1n) is 7.39. The van der Waals surface area contributed by atoms with Crippen molar-refractivity contribution in [3.8, 4) is 11.5 Å². The standard InChI is InChI=1S/C19H16O5/c1-11-4-5-13(9-16(11)22-3)19(21)23-14-6-7-15-12(2)8-18(20)24-17(15)10-14/h4-10H,1-3H3. The van der Waals surface area contributed by atoms with Crippen LogP contribution in [0.1, 0.15) is 21.5 Å². The molecular formula is C19H16O5. The van der Waals surface area contributed by atoms with Crippen molar-refractivity contribution in [2.45, 2.75) is 13.8 Å². The minimum atomic E-state index is -0.511. The Morgan fingerprint density at radius 3 is 2.54 bits per heavy atom. The fourth-order valence-electron chi connectivity index (χ4n) is 2.48. The largest absolute Gasteiger partial charge is 0.496 e. The van der Waals surface area contributed by atoms with Gasteiger partial charge in [0.25, 0.3) is 0 Å². The molecule has 2 aromatic carbocycles. The molecule has 0 bridgehead atoms. The molecule has 0 aliphatic rings. The van der Waals surface area contributed by atoms with Crippen molar-refractivity contribution in [2.24, 2.45) is 0 Å². The molecule has 0 radical (unpaired) electrons. The number of carbonyl (C=O) groups excluding carboxylic acids is 1. The molecule has 0 saturated carbocycles.